The van der Waals surface area contributed by atoms with Crippen molar-refractivity contribution < 1.29 is 14.6 Å². The van der Waals surface area contributed by atoms with Crippen molar-refractivity contribution in [1.82, 2.24) is 24.1 Å². The molecular weight excluding hydrogens is 749 g/mol. The van der Waals surface area contributed by atoms with Gasteiger partial charge in [-0.05, 0) is 48.5 Å². The molecule has 0 aliphatic rings. The molecule has 0 fully saturated rings. The van der Waals surface area contributed by atoms with Crippen LogP contribution in [0.1, 0.15) is 16.8 Å². The molecule has 0 spiro atoms. The molecule has 0 aliphatic heterocycles. The van der Waals surface area contributed by atoms with E-state index in [1.807, 2.05) is 65.5 Å². The van der Waals surface area contributed by atoms with E-state index in [0.29, 0.717) is 28.4 Å². The Balaban J connectivity index is 0.000000172. The van der Waals surface area contributed by atoms with Gasteiger partial charge >= 0.3 is 0 Å². The normalized spacial score (nSPS) is 10.8. The molecule has 0 N–H and O–H groups in total. The predicted molar refractivity (Wildman–Crippen MR) is 214 cm³/mol. The number of fused-ring (bicyclic) bond motifs is 2. The summed E-state index contributed by atoms with van der Waals surface area (Å²) in [7, 11) is 1.63. The summed E-state index contributed by atoms with van der Waals surface area (Å²) in [5.74, 6) is 0.749. The van der Waals surface area contributed by atoms with Crippen molar-refractivity contribution >= 4 is 56.7 Å². The van der Waals surface area contributed by atoms with Crippen LogP contribution in [0.3, 0.4) is 0 Å². The Hall–Kier alpha value is -7.02. The van der Waals surface area contributed by atoms with Crippen LogP contribution in [0.2, 0.25) is 0 Å². The van der Waals surface area contributed by atoms with E-state index in [-0.39, 0.29) is 21.2 Å². The quantitative estimate of drug-likeness (QED) is 0.0906. The number of nitro groups is 2. The molecule has 0 unspecified atom stereocenters. The molecule has 4 aromatic carbocycles. The monoisotopic (exact) mass is 778 g/mol. The van der Waals surface area contributed by atoms with Gasteiger partial charge in [0.05, 0.1) is 68.2 Å². The maximum atomic E-state index is 11.4. The van der Waals surface area contributed by atoms with Crippen LogP contribution in [0.15, 0.2) is 160 Å². The zero-order valence-electron chi connectivity index (χ0n) is 29.6. The molecule has 15 heteroatoms. The molecule has 0 saturated heterocycles. The number of pyridine rings is 1. The van der Waals surface area contributed by atoms with Crippen LogP contribution < -0.4 is 4.74 Å². The minimum Gasteiger partial charge on any atom is -0.497 e. The third-order valence-electron chi connectivity index (χ3n) is 8.62. The third kappa shape index (κ3) is 8.36. The number of nitro benzene ring substituents is 2. The molecule has 0 amide bonds. The Bertz CT molecular complexity index is 2730. The average Bonchev–Trinajstić information content (AvgIpc) is 3.74. The number of hydrogen-bond donors (Lipinski definition) is 0. The topological polar surface area (TPSA) is 168 Å². The first kappa shape index (κ1) is 37.3. The Morgan fingerprint density at radius 3 is 1.86 bits per heavy atom. The molecule has 13 nitrogen and oxygen atoms in total. The second kappa shape index (κ2) is 17.0. The number of nitriles is 1. The zero-order valence-corrected chi connectivity index (χ0v) is 31.3. The Labute approximate surface area is 328 Å². The Morgan fingerprint density at radius 1 is 0.714 bits per heavy atom. The van der Waals surface area contributed by atoms with Crippen LogP contribution in [0.4, 0.5) is 11.4 Å². The van der Waals surface area contributed by atoms with Crippen molar-refractivity contribution in [1.29, 1.82) is 5.26 Å². The molecule has 56 heavy (non-hydrogen) atoms. The second-order valence-corrected chi connectivity index (χ2v) is 14.4. The van der Waals surface area contributed by atoms with E-state index in [1.165, 1.54) is 42.0 Å². The molecule has 0 saturated carbocycles. The summed E-state index contributed by atoms with van der Waals surface area (Å²) in [6, 6.07) is 32.7. The van der Waals surface area contributed by atoms with Crippen LogP contribution in [0.5, 0.6) is 5.75 Å². The Kier molecular flexibility index (Phi) is 11.3. The maximum absolute atomic E-state index is 11.4. The van der Waals surface area contributed by atoms with Gasteiger partial charge in [-0.3, -0.25) is 25.2 Å². The molecule has 8 aromatic rings. The van der Waals surface area contributed by atoms with Gasteiger partial charge in [0.2, 0.25) is 0 Å². The lowest BCUT2D eigenvalue weighted by Crippen LogP contribution is -1.99. The number of benzene rings is 4. The van der Waals surface area contributed by atoms with Gasteiger partial charge in [0.15, 0.2) is 0 Å². The van der Waals surface area contributed by atoms with Crippen molar-refractivity contribution in [3.63, 3.8) is 0 Å². The molecule has 0 radical (unpaired) electrons. The van der Waals surface area contributed by atoms with Crippen molar-refractivity contribution in [2.24, 2.45) is 0 Å². The lowest BCUT2D eigenvalue weighted by Gasteiger charge is -2.06. The van der Waals surface area contributed by atoms with Crippen molar-refractivity contribution in [2.45, 2.75) is 32.7 Å². The number of rotatable bonds is 11. The first-order chi connectivity index (χ1) is 27.3. The smallest absolute Gasteiger partial charge is 0.283 e. The highest BCUT2D eigenvalue weighted by molar-refractivity contribution is 8.00. The van der Waals surface area contributed by atoms with E-state index in [1.54, 1.807) is 68.2 Å². The largest absolute Gasteiger partial charge is 0.497 e. The average molecular weight is 779 g/mol. The number of methoxy groups -OCH3 is 1. The van der Waals surface area contributed by atoms with Gasteiger partial charge in [0.25, 0.3) is 11.4 Å². The SMILES string of the molecule is COc1ccc2c(Sc3ccccc3[N+](=O)[O-])cn(Cc3cncnc3)c2c1.N#Cc1ccc2c(Sc3ccccc3[N+](=O)[O-])cn(Cc3ccccn3)c2c1. The minimum absolute atomic E-state index is 0.0757. The molecule has 4 heterocycles. The predicted octanol–water partition coefficient (Wildman–Crippen LogP) is 9.56. The number of nitrogens with zero attached hydrogens (tertiary/aromatic N) is 8. The Morgan fingerprint density at radius 2 is 1.29 bits per heavy atom. The fourth-order valence-corrected chi connectivity index (χ4v) is 8.20. The van der Waals surface area contributed by atoms with Crippen LogP contribution >= 0.6 is 23.5 Å². The van der Waals surface area contributed by atoms with E-state index < -0.39 is 0 Å². The van der Waals surface area contributed by atoms with Gasteiger partial charge in [0.1, 0.15) is 12.1 Å². The molecular formula is C41H30N8O5S2. The summed E-state index contributed by atoms with van der Waals surface area (Å²) >= 11 is 2.73. The highest BCUT2D eigenvalue weighted by atomic mass is 32.2. The lowest BCUT2D eigenvalue weighted by atomic mass is 10.2. The van der Waals surface area contributed by atoms with Gasteiger partial charge in [-0.1, -0.05) is 59.9 Å². The molecule has 4 aromatic heterocycles. The van der Waals surface area contributed by atoms with E-state index in [4.69, 9.17) is 4.74 Å². The molecule has 0 bridgehead atoms. The number of para-hydroxylation sites is 2. The summed E-state index contributed by atoms with van der Waals surface area (Å²) in [4.78, 5) is 37.5. The van der Waals surface area contributed by atoms with E-state index in [9.17, 15) is 25.5 Å². The summed E-state index contributed by atoms with van der Waals surface area (Å²) < 4.78 is 9.47. The summed E-state index contributed by atoms with van der Waals surface area (Å²) in [5.41, 5.74) is 4.46. The van der Waals surface area contributed by atoms with Gasteiger partial charge in [0, 0.05) is 75.3 Å². The molecule has 0 aliphatic carbocycles. The number of hydrogen-bond acceptors (Lipinski definition) is 11. The van der Waals surface area contributed by atoms with E-state index in [2.05, 4.69) is 25.6 Å². The second-order valence-electron chi connectivity index (χ2n) is 12.2. The van der Waals surface area contributed by atoms with Gasteiger partial charge < -0.3 is 13.9 Å². The fourth-order valence-electron chi connectivity index (χ4n) is 6.02. The minimum atomic E-state index is -0.372. The van der Waals surface area contributed by atoms with Crippen LogP contribution in [-0.4, -0.2) is 41.0 Å². The molecule has 8 rings (SSSR count). The van der Waals surface area contributed by atoms with Crippen LogP contribution in [0, 0.1) is 31.6 Å². The van der Waals surface area contributed by atoms with Crippen molar-refractivity contribution in [2.75, 3.05) is 7.11 Å². The van der Waals surface area contributed by atoms with Gasteiger partial charge in [-0.25, -0.2) is 9.97 Å². The molecule has 276 valence electrons. The third-order valence-corrected chi connectivity index (χ3v) is 10.8. The summed E-state index contributed by atoms with van der Waals surface area (Å²) in [5, 5.41) is 33.9. The number of aromatic nitrogens is 5. The maximum Gasteiger partial charge on any atom is 0.283 e. The molecule has 0 atom stereocenters. The highest BCUT2D eigenvalue weighted by Gasteiger charge is 2.19. The van der Waals surface area contributed by atoms with Gasteiger partial charge in [-0.2, -0.15) is 5.26 Å². The zero-order chi connectivity index (χ0) is 39.0. The fraction of sp³-hybridized carbons (Fsp3) is 0.0732. The van der Waals surface area contributed by atoms with E-state index in [0.717, 1.165) is 48.6 Å². The first-order valence-electron chi connectivity index (χ1n) is 17.0. The summed E-state index contributed by atoms with van der Waals surface area (Å²) in [6.07, 6.45) is 10.7. The van der Waals surface area contributed by atoms with E-state index >= 15 is 0 Å². The van der Waals surface area contributed by atoms with Crippen molar-refractivity contribution in [3.8, 4) is 11.8 Å². The van der Waals surface area contributed by atoms with Gasteiger partial charge in [-0.15, -0.1) is 0 Å². The van der Waals surface area contributed by atoms with Crippen molar-refractivity contribution in [3.05, 3.63) is 177 Å². The number of ether oxygens (including phenoxy) is 1. The standard InChI is InChI=1S/C21H14N4O2S.C20H16N4O3S/c22-12-15-8-9-17-19(11-15)24(13-16-5-3-4-10-23-16)14-21(17)28-20-7-2-1-6-18(20)25(26)27;1-27-15-6-7-16-18(8-15)23(11-14-9-21-13-22-10-14)12-20(16)28-19-5-3-2-4-17(19)24(25)26/h1-11,14H,13H2;2-10,12-13H,11H2,1H3. The van der Waals surface area contributed by atoms with Crippen LogP contribution in [0.25, 0.3) is 21.8 Å². The lowest BCUT2D eigenvalue weighted by molar-refractivity contribution is -0.387. The first-order valence-corrected chi connectivity index (χ1v) is 18.6. The highest BCUT2D eigenvalue weighted by Crippen LogP contribution is 2.41. The van der Waals surface area contributed by atoms with Crippen LogP contribution in [-0.2, 0) is 13.1 Å². The summed E-state index contributed by atoms with van der Waals surface area (Å²) in [6.45, 7) is 1.13.